The molecule has 76 valence electrons. The van der Waals surface area contributed by atoms with Gasteiger partial charge in [0.1, 0.15) is 11.6 Å². The molecule has 1 aromatic rings. The molecular weight excluding hydrogens is 208 g/mol. The molecule has 0 fully saturated rings. The summed E-state index contributed by atoms with van der Waals surface area (Å²) in [5, 5.41) is -0.239. The number of halogens is 3. The van der Waals surface area contributed by atoms with Crippen LogP contribution in [-0.4, -0.2) is 0 Å². The molecule has 0 saturated heterocycles. The van der Waals surface area contributed by atoms with Crippen LogP contribution in [0.25, 0.3) is 0 Å². The first-order valence-corrected chi connectivity index (χ1v) is 4.45. The highest BCUT2D eigenvalue weighted by Crippen LogP contribution is 2.24. The van der Waals surface area contributed by atoms with Crippen molar-refractivity contribution in [3.05, 3.63) is 47.0 Å². The first kappa shape index (κ1) is 11.1. The summed E-state index contributed by atoms with van der Waals surface area (Å²) in [5.74, 6) is -1.26. The third kappa shape index (κ3) is 2.30. The first-order valence-electron chi connectivity index (χ1n) is 4.07. The fourth-order valence-corrected chi connectivity index (χ4v) is 1.28. The first-order chi connectivity index (χ1) is 6.56. The van der Waals surface area contributed by atoms with Gasteiger partial charge in [0.25, 0.3) is 0 Å². The summed E-state index contributed by atoms with van der Waals surface area (Å²) in [6.07, 6.45) is 1.94. The van der Waals surface area contributed by atoms with E-state index in [1.165, 1.54) is 0 Å². The number of rotatable bonds is 3. The molecule has 0 radical (unpaired) electrons. The van der Waals surface area contributed by atoms with Crippen molar-refractivity contribution in [3.63, 3.8) is 0 Å². The van der Waals surface area contributed by atoms with Gasteiger partial charge in [-0.05, 0) is 18.6 Å². The second-order valence-corrected chi connectivity index (χ2v) is 3.33. The molecule has 0 spiro atoms. The molecule has 0 aliphatic carbocycles. The van der Waals surface area contributed by atoms with Gasteiger partial charge in [-0.3, -0.25) is 0 Å². The number of benzene rings is 1. The van der Waals surface area contributed by atoms with E-state index in [2.05, 4.69) is 6.58 Å². The lowest BCUT2D eigenvalue weighted by Gasteiger charge is -2.11. The molecule has 0 aromatic heterocycles. The Morgan fingerprint density at radius 1 is 1.43 bits per heavy atom. The van der Waals surface area contributed by atoms with Crippen molar-refractivity contribution in [1.82, 2.24) is 0 Å². The zero-order valence-corrected chi connectivity index (χ0v) is 8.19. The molecule has 1 atom stereocenters. The van der Waals surface area contributed by atoms with Gasteiger partial charge in [0.2, 0.25) is 0 Å². The molecule has 1 unspecified atom stereocenters. The van der Waals surface area contributed by atoms with Gasteiger partial charge in [-0.15, -0.1) is 6.58 Å². The minimum absolute atomic E-state index is 0.117. The highest BCUT2D eigenvalue weighted by molar-refractivity contribution is 6.30. The molecule has 2 N–H and O–H groups in total. The monoisotopic (exact) mass is 217 g/mol. The van der Waals surface area contributed by atoms with Crippen LogP contribution in [0, 0.1) is 11.6 Å². The van der Waals surface area contributed by atoms with Crippen LogP contribution in [0.15, 0.2) is 24.8 Å². The molecule has 1 nitrogen and oxygen atoms in total. The second kappa shape index (κ2) is 4.53. The predicted molar refractivity (Wildman–Crippen MR) is 53.1 cm³/mol. The minimum Gasteiger partial charge on any atom is -0.324 e. The lowest BCUT2D eigenvalue weighted by atomic mass is 10.0. The highest BCUT2D eigenvalue weighted by atomic mass is 35.5. The molecule has 1 rings (SSSR count). The third-order valence-electron chi connectivity index (χ3n) is 1.86. The Hall–Kier alpha value is -0.930. The molecule has 0 heterocycles. The molecule has 0 bridgehead atoms. The SMILES string of the molecule is C=CCC(N)c1cc(F)c(Cl)cc1F. The molecule has 0 aliphatic rings. The normalized spacial score (nSPS) is 12.6. The molecule has 0 amide bonds. The fourth-order valence-electron chi connectivity index (χ4n) is 1.13. The smallest absolute Gasteiger partial charge is 0.142 e. The van der Waals surface area contributed by atoms with E-state index in [1.807, 2.05) is 0 Å². The molecule has 0 aliphatic heterocycles. The fraction of sp³-hybridized carbons (Fsp3) is 0.200. The van der Waals surface area contributed by atoms with Gasteiger partial charge >= 0.3 is 0 Å². The van der Waals surface area contributed by atoms with E-state index in [1.54, 1.807) is 6.08 Å². The van der Waals surface area contributed by atoms with E-state index in [0.717, 1.165) is 12.1 Å². The van der Waals surface area contributed by atoms with Crippen molar-refractivity contribution < 1.29 is 8.78 Å². The maximum Gasteiger partial charge on any atom is 0.142 e. The average Bonchev–Trinajstić information content (AvgIpc) is 2.11. The Morgan fingerprint density at radius 2 is 2.07 bits per heavy atom. The summed E-state index contributed by atoms with van der Waals surface area (Å²) in [5.41, 5.74) is 5.72. The van der Waals surface area contributed by atoms with E-state index in [-0.39, 0.29) is 10.6 Å². The van der Waals surface area contributed by atoms with Crippen LogP contribution in [0.3, 0.4) is 0 Å². The van der Waals surface area contributed by atoms with Crippen LogP contribution in [-0.2, 0) is 0 Å². The zero-order chi connectivity index (χ0) is 10.7. The molecule has 4 heteroatoms. The number of hydrogen-bond acceptors (Lipinski definition) is 1. The molecule has 0 saturated carbocycles. The topological polar surface area (TPSA) is 26.0 Å². The van der Waals surface area contributed by atoms with Crippen molar-refractivity contribution in [1.29, 1.82) is 0 Å². The number of hydrogen-bond donors (Lipinski definition) is 1. The summed E-state index contributed by atoms with van der Waals surface area (Å²) >= 11 is 5.39. The Kier molecular flexibility index (Phi) is 3.61. The van der Waals surface area contributed by atoms with Crippen LogP contribution in [0.2, 0.25) is 5.02 Å². The van der Waals surface area contributed by atoms with E-state index < -0.39 is 17.7 Å². The van der Waals surface area contributed by atoms with Gasteiger partial charge in [0.05, 0.1) is 5.02 Å². The highest BCUT2D eigenvalue weighted by Gasteiger charge is 2.13. The summed E-state index contributed by atoms with van der Waals surface area (Å²) in [6.45, 7) is 3.47. The lowest BCUT2D eigenvalue weighted by Crippen LogP contribution is -2.11. The van der Waals surface area contributed by atoms with Gasteiger partial charge in [-0.2, -0.15) is 0 Å². The molecule has 1 aromatic carbocycles. The van der Waals surface area contributed by atoms with Gasteiger partial charge in [-0.25, -0.2) is 8.78 Å². The van der Waals surface area contributed by atoms with Gasteiger partial charge in [-0.1, -0.05) is 17.7 Å². The van der Waals surface area contributed by atoms with Gasteiger partial charge in [0, 0.05) is 11.6 Å². The summed E-state index contributed by atoms with van der Waals surface area (Å²) in [6, 6.07) is 1.36. The van der Waals surface area contributed by atoms with Crippen molar-refractivity contribution in [2.45, 2.75) is 12.5 Å². The maximum atomic E-state index is 13.2. The van der Waals surface area contributed by atoms with Crippen molar-refractivity contribution in [2.24, 2.45) is 5.73 Å². The average molecular weight is 218 g/mol. The van der Waals surface area contributed by atoms with Crippen LogP contribution in [0.1, 0.15) is 18.0 Å². The van der Waals surface area contributed by atoms with Crippen molar-refractivity contribution in [2.75, 3.05) is 0 Å². The molecule has 14 heavy (non-hydrogen) atoms. The Balaban J connectivity index is 3.08. The summed E-state index contributed by atoms with van der Waals surface area (Å²) < 4.78 is 26.2. The summed E-state index contributed by atoms with van der Waals surface area (Å²) in [7, 11) is 0. The van der Waals surface area contributed by atoms with Crippen LogP contribution in [0.4, 0.5) is 8.78 Å². The van der Waals surface area contributed by atoms with Crippen LogP contribution < -0.4 is 5.73 Å². The van der Waals surface area contributed by atoms with Crippen LogP contribution >= 0.6 is 11.6 Å². The summed E-state index contributed by atoms with van der Waals surface area (Å²) in [4.78, 5) is 0. The second-order valence-electron chi connectivity index (χ2n) is 2.92. The van der Waals surface area contributed by atoms with Gasteiger partial charge < -0.3 is 5.73 Å². The van der Waals surface area contributed by atoms with Crippen LogP contribution in [0.5, 0.6) is 0 Å². The van der Waals surface area contributed by atoms with Crippen molar-refractivity contribution in [3.8, 4) is 0 Å². The Morgan fingerprint density at radius 3 is 2.64 bits per heavy atom. The van der Waals surface area contributed by atoms with E-state index >= 15 is 0 Å². The number of nitrogens with two attached hydrogens (primary N) is 1. The molecular formula is C10H10ClF2N. The van der Waals surface area contributed by atoms with Gasteiger partial charge in [0.15, 0.2) is 0 Å². The van der Waals surface area contributed by atoms with E-state index in [4.69, 9.17) is 17.3 Å². The van der Waals surface area contributed by atoms with E-state index in [0.29, 0.717) is 6.42 Å². The maximum absolute atomic E-state index is 13.2. The minimum atomic E-state index is -0.664. The largest absolute Gasteiger partial charge is 0.324 e. The van der Waals surface area contributed by atoms with E-state index in [9.17, 15) is 8.78 Å². The van der Waals surface area contributed by atoms with Crippen molar-refractivity contribution >= 4 is 11.6 Å². The Bertz CT molecular complexity index is 352. The third-order valence-corrected chi connectivity index (χ3v) is 2.15. The quantitative estimate of drug-likeness (QED) is 0.611. The lowest BCUT2D eigenvalue weighted by molar-refractivity contribution is 0.564. The Labute approximate surface area is 86.2 Å². The standard InChI is InChI=1S/C10H10ClF2N/c1-2-3-10(14)6-4-9(13)7(11)5-8(6)12/h2,4-5,10H,1,3,14H2. The predicted octanol–water partition coefficient (Wildman–Crippen LogP) is 3.19. The zero-order valence-electron chi connectivity index (χ0n) is 7.43.